The third-order valence-corrected chi connectivity index (χ3v) is 5.00. The van der Waals surface area contributed by atoms with Gasteiger partial charge in [0.25, 0.3) is 0 Å². The van der Waals surface area contributed by atoms with Crippen molar-refractivity contribution in [2.24, 2.45) is 0 Å². The van der Waals surface area contributed by atoms with Crippen molar-refractivity contribution in [3.8, 4) is 5.69 Å². The van der Waals surface area contributed by atoms with Crippen molar-refractivity contribution in [3.63, 3.8) is 0 Å². The molecule has 2 heterocycles. The molecule has 104 valence electrons. The quantitative estimate of drug-likeness (QED) is 0.931. The van der Waals surface area contributed by atoms with Crippen LogP contribution in [0.2, 0.25) is 0 Å². The van der Waals surface area contributed by atoms with E-state index < -0.39 is 0 Å². The van der Waals surface area contributed by atoms with Crippen molar-refractivity contribution in [1.82, 2.24) is 15.1 Å². The largest absolute Gasteiger partial charge is 0.316 e. The third kappa shape index (κ3) is 2.21. The highest BCUT2D eigenvalue weighted by Gasteiger charge is 2.30. The number of hydrogen-bond donors (Lipinski definition) is 1. The predicted molar refractivity (Wildman–Crippen MR) is 83.5 cm³/mol. The highest BCUT2D eigenvalue weighted by atomic mass is 79.9. The van der Waals surface area contributed by atoms with E-state index in [4.69, 9.17) is 0 Å². The van der Waals surface area contributed by atoms with E-state index in [1.165, 1.54) is 36.2 Å². The van der Waals surface area contributed by atoms with Crippen LogP contribution in [0.25, 0.3) is 5.69 Å². The number of nitrogens with zero attached hydrogens (tertiary/aromatic N) is 2. The molecule has 1 N–H and O–H groups in total. The molecule has 1 unspecified atom stereocenters. The molecule has 20 heavy (non-hydrogen) atoms. The van der Waals surface area contributed by atoms with E-state index in [-0.39, 0.29) is 0 Å². The number of rotatable bonds is 3. The summed E-state index contributed by atoms with van der Waals surface area (Å²) in [5.74, 6) is 1.36. The summed E-state index contributed by atoms with van der Waals surface area (Å²) in [6, 6.07) is 8.94. The molecule has 1 saturated heterocycles. The molecular formula is C16H18BrN3. The van der Waals surface area contributed by atoms with E-state index in [0.29, 0.717) is 11.8 Å². The second-order valence-corrected chi connectivity index (χ2v) is 6.70. The second kappa shape index (κ2) is 5.01. The molecule has 4 heteroatoms. The summed E-state index contributed by atoms with van der Waals surface area (Å²) in [7, 11) is 0. The van der Waals surface area contributed by atoms with E-state index in [2.05, 4.69) is 55.3 Å². The van der Waals surface area contributed by atoms with E-state index in [0.717, 1.165) is 17.6 Å². The Balaban J connectivity index is 1.65. The van der Waals surface area contributed by atoms with Gasteiger partial charge < -0.3 is 5.32 Å². The Hall–Kier alpha value is -1.13. The first kappa shape index (κ1) is 12.6. The zero-order valence-corrected chi connectivity index (χ0v) is 12.9. The standard InChI is InChI=1S/C16H18BrN3/c17-15-10-19-20(16(15)12-1-2-12)14-5-3-11(4-6-14)13-7-8-18-9-13/h3-6,10,12-13,18H,1-2,7-9H2. The molecule has 1 saturated carbocycles. The van der Waals surface area contributed by atoms with Gasteiger partial charge in [-0.2, -0.15) is 5.10 Å². The van der Waals surface area contributed by atoms with Gasteiger partial charge in [0.1, 0.15) is 0 Å². The molecule has 1 aromatic heterocycles. The van der Waals surface area contributed by atoms with E-state index in [1.54, 1.807) is 0 Å². The van der Waals surface area contributed by atoms with Crippen molar-refractivity contribution >= 4 is 15.9 Å². The molecule has 1 atom stereocenters. The van der Waals surface area contributed by atoms with Gasteiger partial charge in [-0.25, -0.2) is 4.68 Å². The predicted octanol–water partition coefficient (Wildman–Crippen LogP) is 3.59. The summed E-state index contributed by atoms with van der Waals surface area (Å²) in [6.45, 7) is 2.25. The monoisotopic (exact) mass is 331 g/mol. The fourth-order valence-electron chi connectivity index (χ4n) is 3.10. The molecule has 0 amide bonds. The molecule has 2 fully saturated rings. The first-order valence-corrected chi connectivity index (χ1v) is 8.16. The average molecular weight is 332 g/mol. The number of halogens is 1. The van der Waals surface area contributed by atoms with E-state index in [1.807, 2.05) is 6.20 Å². The number of hydrogen-bond acceptors (Lipinski definition) is 2. The topological polar surface area (TPSA) is 29.9 Å². The molecule has 1 aliphatic carbocycles. The van der Waals surface area contributed by atoms with Crippen molar-refractivity contribution in [2.45, 2.75) is 31.1 Å². The van der Waals surface area contributed by atoms with Crippen LogP contribution in [-0.2, 0) is 0 Å². The molecule has 0 bridgehead atoms. The van der Waals surface area contributed by atoms with Gasteiger partial charge in [-0.3, -0.25) is 0 Å². The lowest BCUT2D eigenvalue weighted by molar-refractivity contribution is 0.760. The first-order chi connectivity index (χ1) is 9.83. The maximum Gasteiger partial charge on any atom is 0.0649 e. The molecule has 4 rings (SSSR count). The minimum absolute atomic E-state index is 0.677. The van der Waals surface area contributed by atoms with Crippen molar-refractivity contribution < 1.29 is 0 Å². The van der Waals surface area contributed by atoms with Gasteiger partial charge in [0, 0.05) is 12.5 Å². The highest BCUT2D eigenvalue weighted by Crippen LogP contribution is 2.44. The Morgan fingerprint density at radius 3 is 2.55 bits per heavy atom. The van der Waals surface area contributed by atoms with Gasteiger partial charge in [-0.15, -0.1) is 0 Å². The Morgan fingerprint density at radius 2 is 1.90 bits per heavy atom. The van der Waals surface area contributed by atoms with Crippen LogP contribution in [0.15, 0.2) is 34.9 Å². The number of benzene rings is 1. The smallest absolute Gasteiger partial charge is 0.0649 e. The molecule has 2 aromatic rings. The van der Waals surface area contributed by atoms with Crippen molar-refractivity contribution in [2.75, 3.05) is 13.1 Å². The average Bonchev–Trinajstić information content (AvgIpc) is 3.02. The van der Waals surface area contributed by atoms with Crippen LogP contribution >= 0.6 is 15.9 Å². The van der Waals surface area contributed by atoms with Crippen LogP contribution in [0.5, 0.6) is 0 Å². The van der Waals surface area contributed by atoms with Crippen LogP contribution in [-0.4, -0.2) is 22.9 Å². The van der Waals surface area contributed by atoms with Gasteiger partial charge >= 0.3 is 0 Å². The molecule has 2 aliphatic rings. The first-order valence-electron chi connectivity index (χ1n) is 7.37. The molecule has 3 nitrogen and oxygen atoms in total. The summed E-state index contributed by atoms with van der Waals surface area (Å²) in [5, 5.41) is 7.96. The highest BCUT2D eigenvalue weighted by molar-refractivity contribution is 9.10. The van der Waals surface area contributed by atoms with Crippen molar-refractivity contribution in [1.29, 1.82) is 0 Å². The van der Waals surface area contributed by atoms with E-state index >= 15 is 0 Å². The Labute approximate surface area is 127 Å². The van der Waals surface area contributed by atoms with Crippen LogP contribution in [0, 0.1) is 0 Å². The van der Waals surface area contributed by atoms with Crippen LogP contribution in [0.1, 0.15) is 42.4 Å². The number of aromatic nitrogens is 2. The van der Waals surface area contributed by atoms with Crippen molar-refractivity contribution in [3.05, 3.63) is 46.2 Å². The van der Waals surface area contributed by atoms with Gasteiger partial charge in [0.05, 0.1) is 22.1 Å². The Kier molecular flexibility index (Phi) is 3.15. The van der Waals surface area contributed by atoms with Gasteiger partial charge in [0.2, 0.25) is 0 Å². The van der Waals surface area contributed by atoms with Gasteiger partial charge in [-0.05, 0) is 65.4 Å². The lowest BCUT2D eigenvalue weighted by atomic mass is 9.98. The van der Waals surface area contributed by atoms with Crippen LogP contribution in [0.4, 0.5) is 0 Å². The van der Waals surface area contributed by atoms with Gasteiger partial charge in [0.15, 0.2) is 0 Å². The summed E-state index contributed by atoms with van der Waals surface area (Å²) >= 11 is 3.63. The summed E-state index contributed by atoms with van der Waals surface area (Å²) in [5.41, 5.74) is 3.95. The zero-order valence-electron chi connectivity index (χ0n) is 11.3. The summed E-state index contributed by atoms with van der Waals surface area (Å²) < 4.78 is 3.24. The molecule has 0 radical (unpaired) electrons. The molecule has 0 spiro atoms. The molecular weight excluding hydrogens is 314 g/mol. The minimum Gasteiger partial charge on any atom is -0.316 e. The zero-order chi connectivity index (χ0) is 13.5. The summed E-state index contributed by atoms with van der Waals surface area (Å²) in [4.78, 5) is 0. The van der Waals surface area contributed by atoms with E-state index in [9.17, 15) is 0 Å². The Bertz CT molecular complexity index is 607. The van der Waals surface area contributed by atoms with Gasteiger partial charge in [-0.1, -0.05) is 12.1 Å². The van der Waals surface area contributed by atoms with Crippen LogP contribution in [0.3, 0.4) is 0 Å². The summed E-state index contributed by atoms with van der Waals surface area (Å²) in [6.07, 6.45) is 5.74. The fraction of sp³-hybridized carbons (Fsp3) is 0.438. The lowest BCUT2D eigenvalue weighted by Gasteiger charge is -2.11. The van der Waals surface area contributed by atoms with Crippen LogP contribution < -0.4 is 5.32 Å². The normalized spacial score (nSPS) is 22.4. The number of nitrogens with one attached hydrogen (secondary N) is 1. The SMILES string of the molecule is Brc1cnn(-c2ccc(C3CCNC3)cc2)c1C1CC1. The lowest BCUT2D eigenvalue weighted by Crippen LogP contribution is -2.08. The second-order valence-electron chi connectivity index (χ2n) is 5.85. The maximum atomic E-state index is 4.53. The fourth-order valence-corrected chi connectivity index (χ4v) is 3.68. The third-order valence-electron chi connectivity index (χ3n) is 4.39. The maximum absolute atomic E-state index is 4.53. The Morgan fingerprint density at radius 1 is 1.10 bits per heavy atom. The minimum atomic E-state index is 0.677. The molecule has 1 aliphatic heterocycles. The molecule has 1 aromatic carbocycles.